The van der Waals surface area contributed by atoms with Gasteiger partial charge >= 0.3 is 5.97 Å². The third kappa shape index (κ3) is 5.98. The minimum Gasteiger partial charge on any atom is -0.493 e. The summed E-state index contributed by atoms with van der Waals surface area (Å²) in [5, 5.41) is 0. The minimum absolute atomic E-state index is 0.0480. The highest BCUT2D eigenvalue weighted by Gasteiger charge is 2.11. The van der Waals surface area contributed by atoms with Crippen LogP contribution < -0.4 is 4.74 Å². The number of Topliss-reactive ketones (excluding diaryl/α,β-unsaturated/α-hetero) is 1. The molecule has 0 bridgehead atoms. The van der Waals surface area contributed by atoms with Crippen LogP contribution in [0, 0.1) is 12.8 Å². The van der Waals surface area contributed by atoms with Gasteiger partial charge in [0.1, 0.15) is 5.75 Å². The zero-order valence-electron chi connectivity index (χ0n) is 13.3. The Morgan fingerprint density at radius 3 is 2.48 bits per heavy atom. The molecule has 0 atom stereocenters. The smallest absolute Gasteiger partial charge is 0.305 e. The van der Waals surface area contributed by atoms with E-state index in [9.17, 15) is 9.59 Å². The monoisotopic (exact) mass is 292 g/mol. The molecule has 1 aromatic rings. The Kier molecular flexibility index (Phi) is 6.92. The first-order valence-electron chi connectivity index (χ1n) is 7.27. The van der Waals surface area contributed by atoms with E-state index in [2.05, 4.69) is 18.6 Å². The van der Waals surface area contributed by atoms with Crippen molar-refractivity contribution in [2.45, 2.75) is 40.0 Å². The molecule has 0 fully saturated rings. The molecular weight excluding hydrogens is 268 g/mol. The van der Waals surface area contributed by atoms with Gasteiger partial charge in [0.2, 0.25) is 0 Å². The summed E-state index contributed by atoms with van der Waals surface area (Å²) in [7, 11) is 1.35. The third-order valence-electron chi connectivity index (χ3n) is 3.09. The molecule has 1 rings (SSSR count). The van der Waals surface area contributed by atoms with Crippen molar-refractivity contribution in [3.8, 4) is 5.75 Å². The van der Waals surface area contributed by atoms with Gasteiger partial charge in [-0.1, -0.05) is 13.8 Å². The van der Waals surface area contributed by atoms with Crippen LogP contribution in [0.5, 0.6) is 5.75 Å². The van der Waals surface area contributed by atoms with Gasteiger partial charge < -0.3 is 9.47 Å². The van der Waals surface area contributed by atoms with Gasteiger partial charge in [0.15, 0.2) is 5.78 Å². The second-order valence-corrected chi connectivity index (χ2v) is 5.53. The van der Waals surface area contributed by atoms with Crippen LogP contribution in [0.15, 0.2) is 18.2 Å². The maximum absolute atomic E-state index is 12.1. The number of carbonyl (C=O) groups excluding carboxylic acids is 2. The Bertz CT molecular complexity index is 492. The molecule has 0 saturated heterocycles. The first-order valence-corrected chi connectivity index (χ1v) is 7.27. The summed E-state index contributed by atoms with van der Waals surface area (Å²) in [5.41, 5.74) is 1.59. The first kappa shape index (κ1) is 17.2. The summed E-state index contributed by atoms with van der Waals surface area (Å²) in [6, 6.07) is 5.50. The van der Waals surface area contributed by atoms with Crippen molar-refractivity contribution < 1.29 is 19.1 Å². The number of methoxy groups -OCH3 is 1. The number of hydrogen-bond acceptors (Lipinski definition) is 4. The van der Waals surface area contributed by atoms with Crippen molar-refractivity contribution in [1.82, 2.24) is 0 Å². The van der Waals surface area contributed by atoms with E-state index in [1.165, 1.54) is 7.11 Å². The normalized spacial score (nSPS) is 10.5. The van der Waals surface area contributed by atoms with E-state index in [4.69, 9.17) is 4.74 Å². The fraction of sp³-hybridized carbons (Fsp3) is 0.529. The Morgan fingerprint density at radius 1 is 1.19 bits per heavy atom. The molecular formula is C17H24O4. The molecule has 0 radical (unpaired) electrons. The minimum atomic E-state index is -0.281. The van der Waals surface area contributed by atoms with Crippen LogP contribution in [0.25, 0.3) is 0 Å². The number of ether oxygens (including phenoxy) is 2. The molecule has 4 nitrogen and oxygen atoms in total. The Labute approximate surface area is 126 Å². The average molecular weight is 292 g/mol. The van der Waals surface area contributed by atoms with Crippen LogP contribution >= 0.6 is 0 Å². The number of benzene rings is 1. The maximum Gasteiger partial charge on any atom is 0.305 e. The van der Waals surface area contributed by atoms with Crippen molar-refractivity contribution in [2.24, 2.45) is 5.92 Å². The van der Waals surface area contributed by atoms with Gasteiger partial charge in [-0.25, -0.2) is 0 Å². The molecule has 4 heteroatoms. The molecule has 0 aromatic heterocycles. The lowest BCUT2D eigenvalue weighted by molar-refractivity contribution is -0.140. The number of hydrogen-bond donors (Lipinski definition) is 0. The van der Waals surface area contributed by atoms with Gasteiger partial charge in [0, 0.05) is 18.4 Å². The zero-order chi connectivity index (χ0) is 15.8. The van der Waals surface area contributed by atoms with E-state index in [1.54, 1.807) is 6.07 Å². The lowest BCUT2D eigenvalue weighted by atomic mass is 10.0. The lowest BCUT2D eigenvalue weighted by Gasteiger charge is -2.11. The molecule has 0 aliphatic heterocycles. The molecule has 0 aliphatic rings. The second kappa shape index (κ2) is 8.45. The summed E-state index contributed by atoms with van der Waals surface area (Å²) in [6.45, 7) is 6.74. The van der Waals surface area contributed by atoms with Crippen molar-refractivity contribution in [3.05, 3.63) is 29.3 Å². The summed E-state index contributed by atoms with van der Waals surface area (Å²) in [6.07, 6.45) is 1.13. The SMILES string of the molecule is COC(=O)CCCC(=O)c1ccc(OCC(C)C)cc1C. The first-order chi connectivity index (χ1) is 9.93. The van der Waals surface area contributed by atoms with Crippen LogP contribution in [0.2, 0.25) is 0 Å². The van der Waals surface area contributed by atoms with E-state index < -0.39 is 0 Å². The highest BCUT2D eigenvalue weighted by atomic mass is 16.5. The Hall–Kier alpha value is -1.84. The molecule has 0 spiro atoms. The Balaban J connectivity index is 2.58. The van der Waals surface area contributed by atoms with Crippen LogP contribution in [0.1, 0.15) is 49.0 Å². The quantitative estimate of drug-likeness (QED) is 0.543. The zero-order valence-corrected chi connectivity index (χ0v) is 13.3. The second-order valence-electron chi connectivity index (χ2n) is 5.53. The molecule has 1 aromatic carbocycles. The summed E-state index contributed by atoms with van der Waals surface area (Å²) < 4.78 is 10.2. The number of carbonyl (C=O) groups is 2. The maximum atomic E-state index is 12.1. The van der Waals surface area contributed by atoms with Gasteiger partial charge in [0.05, 0.1) is 13.7 Å². The van der Waals surface area contributed by atoms with Crippen LogP contribution in [-0.4, -0.2) is 25.5 Å². The highest BCUT2D eigenvalue weighted by Crippen LogP contribution is 2.20. The fourth-order valence-electron chi connectivity index (χ4n) is 1.93. The molecule has 0 amide bonds. The molecule has 0 heterocycles. The fourth-order valence-corrected chi connectivity index (χ4v) is 1.93. The van der Waals surface area contributed by atoms with Gasteiger partial charge in [-0.05, 0) is 43.0 Å². The molecule has 0 saturated carbocycles. The van der Waals surface area contributed by atoms with Crippen LogP contribution in [-0.2, 0) is 9.53 Å². The summed E-state index contributed by atoms with van der Waals surface area (Å²) in [4.78, 5) is 23.1. The molecule has 116 valence electrons. The predicted octanol–water partition coefficient (Wildman–Crippen LogP) is 3.56. The van der Waals surface area contributed by atoms with Crippen molar-refractivity contribution >= 4 is 11.8 Å². The van der Waals surface area contributed by atoms with E-state index >= 15 is 0 Å². The lowest BCUT2D eigenvalue weighted by Crippen LogP contribution is -2.07. The number of ketones is 1. The van der Waals surface area contributed by atoms with Crippen molar-refractivity contribution in [1.29, 1.82) is 0 Å². The van der Waals surface area contributed by atoms with E-state index in [0.717, 1.165) is 11.3 Å². The van der Waals surface area contributed by atoms with Gasteiger partial charge in [0.25, 0.3) is 0 Å². The van der Waals surface area contributed by atoms with Gasteiger partial charge in [-0.2, -0.15) is 0 Å². The number of aryl methyl sites for hydroxylation is 1. The number of esters is 1. The highest BCUT2D eigenvalue weighted by molar-refractivity contribution is 5.97. The third-order valence-corrected chi connectivity index (χ3v) is 3.09. The van der Waals surface area contributed by atoms with Crippen molar-refractivity contribution in [2.75, 3.05) is 13.7 Å². The van der Waals surface area contributed by atoms with E-state index in [-0.39, 0.29) is 18.2 Å². The van der Waals surface area contributed by atoms with Gasteiger partial charge in [-0.3, -0.25) is 9.59 Å². The van der Waals surface area contributed by atoms with Crippen LogP contribution in [0.3, 0.4) is 0 Å². The van der Waals surface area contributed by atoms with Crippen molar-refractivity contribution in [3.63, 3.8) is 0 Å². The Morgan fingerprint density at radius 2 is 1.90 bits per heavy atom. The largest absolute Gasteiger partial charge is 0.493 e. The molecule has 0 N–H and O–H groups in total. The van der Waals surface area contributed by atoms with Crippen LogP contribution in [0.4, 0.5) is 0 Å². The standard InChI is InChI=1S/C17H24O4/c1-12(2)11-21-14-8-9-15(13(3)10-14)16(18)6-5-7-17(19)20-4/h8-10,12H,5-7,11H2,1-4H3. The summed E-state index contributed by atoms with van der Waals surface area (Å²) >= 11 is 0. The topological polar surface area (TPSA) is 52.6 Å². The van der Waals surface area contributed by atoms with E-state index in [0.29, 0.717) is 30.9 Å². The average Bonchev–Trinajstić information content (AvgIpc) is 2.44. The predicted molar refractivity (Wildman–Crippen MR) is 81.7 cm³/mol. The summed E-state index contributed by atoms with van der Waals surface area (Å²) in [5.74, 6) is 1.01. The van der Waals surface area contributed by atoms with E-state index in [1.807, 2.05) is 19.1 Å². The molecule has 0 unspecified atom stereocenters. The molecule has 0 aliphatic carbocycles. The molecule has 21 heavy (non-hydrogen) atoms. The number of rotatable bonds is 8. The van der Waals surface area contributed by atoms with Gasteiger partial charge in [-0.15, -0.1) is 0 Å².